The number of hydrogen-bond acceptors (Lipinski definition) is 5. The molecule has 0 aliphatic carbocycles. The lowest BCUT2D eigenvalue weighted by Crippen LogP contribution is -2.45. The maximum atomic E-state index is 11.8. The number of aromatic nitrogens is 2. The van der Waals surface area contributed by atoms with E-state index in [1.54, 1.807) is 4.57 Å². The van der Waals surface area contributed by atoms with E-state index >= 15 is 0 Å². The molecule has 6 nitrogen and oxygen atoms in total. The second-order valence-electron chi connectivity index (χ2n) is 6.38. The average molecular weight is 338 g/mol. The van der Waals surface area contributed by atoms with Crippen LogP contribution >= 0.6 is 0 Å². The van der Waals surface area contributed by atoms with Crippen molar-refractivity contribution in [3.05, 3.63) is 58.7 Å². The van der Waals surface area contributed by atoms with Gasteiger partial charge < -0.3 is 9.32 Å². The zero-order valence-corrected chi connectivity index (χ0v) is 14.4. The highest BCUT2D eigenvalue weighted by Crippen LogP contribution is 2.18. The molecule has 0 saturated carbocycles. The Morgan fingerprint density at radius 3 is 2.60 bits per heavy atom. The standard InChI is InChI=1S/C19H22N4O2/c1-2-23-18-17(25-19(23)24)12-15(13-20-18)14-21-8-10-22(11-9-21)16-6-4-3-5-7-16/h3-7,12-13H,2,8-11,14H2,1H3. The highest BCUT2D eigenvalue weighted by Gasteiger charge is 2.18. The molecule has 0 unspecified atom stereocenters. The Bertz CT molecular complexity index is 908. The van der Waals surface area contributed by atoms with Gasteiger partial charge in [0.1, 0.15) is 0 Å². The molecule has 1 aliphatic rings. The van der Waals surface area contributed by atoms with Gasteiger partial charge >= 0.3 is 5.76 Å². The van der Waals surface area contributed by atoms with Crippen molar-refractivity contribution in [3.63, 3.8) is 0 Å². The highest BCUT2D eigenvalue weighted by molar-refractivity contribution is 5.68. The van der Waals surface area contributed by atoms with E-state index in [0.29, 0.717) is 17.8 Å². The Morgan fingerprint density at radius 1 is 1.12 bits per heavy atom. The number of hydrogen-bond donors (Lipinski definition) is 0. The van der Waals surface area contributed by atoms with Crippen LogP contribution in [0.2, 0.25) is 0 Å². The van der Waals surface area contributed by atoms with Crippen LogP contribution in [0.15, 0.2) is 51.8 Å². The average Bonchev–Trinajstić information content (AvgIpc) is 2.97. The summed E-state index contributed by atoms with van der Waals surface area (Å²) in [5.41, 5.74) is 3.57. The number of benzene rings is 1. The summed E-state index contributed by atoms with van der Waals surface area (Å²) in [5, 5.41) is 0. The van der Waals surface area contributed by atoms with Crippen LogP contribution in [-0.2, 0) is 13.1 Å². The number of fused-ring (bicyclic) bond motifs is 1. The fraction of sp³-hybridized carbons (Fsp3) is 0.368. The van der Waals surface area contributed by atoms with Gasteiger partial charge in [-0.25, -0.2) is 9.78 Å². The van der Waals surface area contributed by atoms with Gasteiger partial charge in [0.2, 0.25) is 0 Å². The van der Waals surface area contributed by atoms with Crippen LogP contribution in [-0.4, -0.2) is 40.6 Å². The SMILES string of the molecule is CCn1c(=O)oc2cc(CN3CCN(c4ccccc4)CC3)cnc21. The predicted molar refractivity (Wildman–Crippen MR) is 97.9 cm³/mol. The molecule has 0 bridgehead atoms. The van der Waals surface area contributed by atoms with Gasteiger partial charge in [-0.15, -0.1) is 0 Å². The van der Waals surface area contributed by atoms with Gasteiger partial charge in [-0.3, -0.25) is 9.47 Å². The van der Waals surface area contributed by atoms with Crippen LogP contribution in [0.4, 0.5) is 5.69 Å². The van der Waals surface area contributed by atoms with Gasteiger partial charge in [0, 0.05) is 51.2 Å². The number of pyridine rings is 1. The first-order valence-corrected chi connectivity index (χ1v) is 8.75. The summed E-state index contributed by atoms with van der Waals surface area (Å²) in [6.07, 6.45) is 1.85. The van der Waals surface area contributed by atoms with Crippen LogP contribution in [0.1, 0.15) is 12.5 Å². The third kappa shape index (κ3) is 3.17. The lowest BCUT2D eigenvalue weighted by molar-refractivity contribution is 0.249. The molecule has 0 N–H and O–H groups in total. The van der Waals surface area contributed by atoms with E-state index in [1.807, 2.05) is 25.3 Å². The summed E-state index contributed by atoms with van der Waals surface area (Å²) < 4.78 is 6.87. The molecule has 2 aromatic heterocycles. The first-order valence-electron chi connectivity index (χ1n) is 8.75. The van der Waals surface area contributed by atoms with E-state index in [9.17, 15) is 4.79 Å². The molecular weight excluding hydrogens is 316 g/mol. The van der Waals surface area contributed by atoms with Crippen molar-refractivity contribution in [1.29, 1.82) is 0 Å². The van der Waals surface area contributed by atoms with Crippen LogP contribution in [0.5, 0.6) is 0 Å². The van der Waals surface area contributed by atoms with Gasteiger partial charge in [0.15, 0.2) is 11.2 Å². The minimum absolute atomic E-state index is 0.335. The third-order valence-corrected chi connectivity index (χ3v) is 4.78. The number of para-hydroxylation sites is 1. The van der Waals surface area contributed by atoms with Crippen molar-refractivity contribution in [1.82, 2.24) is 14.5 Å². The van der Waals surface area contributed by atoms with Crippen LogP contribution in [0.25, 0.3) is 11.2 Å². The van der Waals surface area contributed by atoms with E-state index in [-0.39, 0.29) is 5.76 Å². The normalized spacial score (nSPS) is 15.8. The zero-order chi connectivity index (χ0) is 17.2. The molecule has 0 spiro atoms. The Labute approximate surface area is 146 Å². The summed E-state index contributed by atoms with van der Waals surface area (Å²) in [4.78, 5) is 21.0. The minimum atomic E-state index is -0.335. The van der Waals surface area contributed by atoms with E-state index < -0.39 is 0 Å². The number of piperazine rings is 1. The number of rotatable bonds is 4. The topological polar surface area (TPSA) is 54.5 Å². The molecule has 0 radical (unpaired) electrons. The molecule has 3 aromatic rings. The molecular formula is C19H22N4O2. The summed E-state index contributed by atoms with van der Waals surface area (Å²) in [6.45, 7) is 7.35. The fourth-order valence-electron chi connectivity index (χ4n) is 3.42. The van der Waals surface area contributed by atoms with Crippen LogP contribution < -0.4 is 10.7 Å². The van der Waals surface area contributed by atoms with Crippen molar-refractivity contribution in [3.8, 4) is 0 Å². The Hall–Kier alpha value is -2.60. The van der Waals surface area contributed by atoms with E-state index in [2.05, 4.69) is 39.0 Å². The van der Waals surface area contributed by atoms with Gasteiger partial charge in [-0.1, -0.05) is 18.2 Å². The predicted octanol–water partition coefficient (Wildman–Crippen LogP) is 2.33. The first-order chi connectivity index (χ1) is 12.2. The summed E-state index contributed by atoms with van der Waals surface area (Å²) in [5.74, 6) is -0.335. The maximum Gasteiger partial charge on any atom is 0.421 e. The van der Waals surface area contributed by atoms with Gasteiger partial charge in [-0.05, 0) is 30.7 Å². The van der Waals surface area contributed by atoms with Gasteiger partial charge in [0.25, 0.3) is 0 Å². The van der Waals surface area contributed by atoms with Gasteiger partial charge in [-0.2, -0.15) is 0 Å². The van der Waals surface area contributed by atoms with Gasteiger partial charge in [0.05, 0.1) is 0 Å². The lowest BCUT2D eigenvalue weighted by Gasteiger charge is -2.36. The Balaban J connectivity index is 1.43. The van der Waals surface area contributed by atoms with Crippen LogP contribution in [0.3, 0.4) is 0 Å². The van der Waals surface area contributed by atoms with Crippen molar-refractivity contribution >= 4 is 16.9 Å². The zero-order valence-electron chi connectivity index (χ0n) is 14.4. The van der Waals surface area contributed by atoms with Crippen LogP contribution in [0, 0.1) is 0 Å². The number of anilines is 1. The number of oxazole rings is 1. The molecule has 1 saturated heterocycles. The smallest absolute Gasteiger partial charge is 0.406 e. The molecule has 1 aromatic carbocycles. The number of nitrogens with zero attached hydrogens (tertiary/aromatic N) is 4. The van der Waals surface area contributed by atoms with E-state index in [1.165, 1.54) is 5.69 Å². The highest BCUT2D eigenvalue weighted by atomic mass is 16.4. The Morgan fingerprint density at radius 2 is 1.88 bits per heavy atom. The molecule has 0 amide bonds. The van der Waals surface area contributed by atoms with E-state index in [0.717, 1.165) is 38.3 Å². The second kappa shape index (κ2) is 6.72. The Kier molecular flexibility index (Phi) is 4.28. The van der Waals surface area contributed by atoms with E-state index in [4.69, 9.17) is 4.42 Å². The summed E-state index contributed by atoms with van der Waals surface area (Å²) >= 11 is 0. The summed E-state index contributed by atoms with van der Waals surface area (Å²) in [6, 6.07) is 12.5. The monoisotopic (exact) mass is 338 g/mol. The van der Waals surface area contributed by atoms with Crippen molar-refractivity contribution in [2.24, 2.45) is 0 Å². The first kappa shape index (κ1) is 15.9. The molecule has 1 fully saturated rings. The molecule has 1 aliphatic heterocycles. The minimum Gasteiger partial charge on any atom is -0.406 e. The largest absolute Gasteiger partial charge is 0.421 e. The number of aryl methyl sites for hydroxylation is 1. The molecule has 4 rings (SSSR count). The molecule has 0 atom stereocenters. The second-order valence-corrected chi connectivity index (χ2v) is 6.38. The van der Waals surface area contributed by atoms with Crippen molar-refractivity contribution in [2.45, 2.75) is 20.0 Å². The third-order valence-electron chi connectivity index (χ3n) is 4.78. The fourth-order valence-corrected chi connectivity index (χ4v) is 3.42. The molecule has 3 heterocycles. The molecule has 130 valence electrons. The molecule has 6 heteroatoms. The lowest BCUT2D eigenvalue weighted by atomic mass is 10.2. The van der Waals surface area contributed by atoms with Crippen molar-refractivity contribution in [2.75, 3.05) is 31.1 Å². The van der Waals surface area contributed by atoms with Crippen molar-refractivity contribution < 1.29 is 4.42 Å². The summed E-state index contributed by atoms with van der Waals surface area (Å²) in [7, 11) is 0. The molecule has 25 heavy (non-hydrogen) atoms. The quantitative estimate of drug-likeness (QED) is 0.731. The maximum absolute atomic E-state index is 11.8.